The number of hydrogen-bond donors (Lipinski definition) is 2. The third kappa shape index (κ3) is 3.70. The molecule has 10 heteroatoms. The molecule has 0 aliphatic rings. The van der Waals surface area contributed by atoms with Gasteiger partial charge in [-0.15, -0.1) is 10.2 Å². The highest BCUT2D eigenvalue weighted by Gasteiger charge is 2.27. The molecule has 0 radical (unpaired) electrons. The first-order valence-electron chi connectivity index (χ1n) is 8.92. The first-order chi connectivity index (χ1) is 14.4. The average Bonchev–Trinajstić information content (AvgIpc) is 3.39. The number of aliphatic hydroxyl groups is 1. The van der Waals surface area contributed by atoms with Crippen LogP contribution in [-0.4, -0.2) is 43.9 Å². The second-order valence-corrected chi connectivity index (χ2v) is 6.71. The van der Waals surface area contributed by atoms with Crippen LogP contribution in [0.4, 0.5) is 14.5 Å². The summed E-state index contributed by atoms with van der Waals surface area (Å²) in [6, 6.07) is 12.0. The second kappa shape index (κ2) is 7.53. The highest BCUT2D eigenvalue weighted by atomic mass is 19.3. The minimum absolute atomic E-state index is 0.136. The Morgan fingerprint density at radius 2 is 1.87 bits per heavy atom. The third-order valence-corrected chi connectivity index (χ3v) is 4.55. The molecule has 0 fully saturated rings. The molecular weight excluding hydrogens is 394 g/mol. The van der Waals surface area contributed by atoms with Crippen LogP contribution in [0.2, 0.25) is 0 Å². The van der Waals surface area contributed by atoms with Crippen molar-refractivity contribution >= 4 is 16.7 Å². The Kier molecular flexibility index (Phi) is 4.89. The number of aryl methyl sites for hydroxylation is 1. The van der Waals surface area contributed by atoms with Crippen LogP contribution in [0.5, 0.6) is 0 Å². The Balaban J connectivity index is 1.61. The maximum absolute atomic E-state index is 13.2. The normalized spacial score (nSPS) is 11.6. The number of fused-ring (bicyclic) bond motifs is 1. The molecule has 4 rings (SSSR count). The molecule has 2 aromatic heterocycles. The lowest BCUT2D eigenvalue weighted by atomic mass is 10.1. The zero-order chi connectivity index (χ0) is 21.3. The average molecular weight is 410 g/mol. The van der Waals surface area contributed by atoms with Crippen LogP contribution in [-0.2, 0) is 7.05 Å². The highest BCUT2D eigenvalue weighted by Crippen LogP contribution is 2.29. The van der Waals surface area contributed by atoms with E-state index >= 15 is 0 Å². The van der Waals surface area contributed by atoms with E-state index in [0.29, 0.717) is 11.5 Å². The van der Waals surface area contributed by atoms with Gasteiger partial charge in [0.15, 0.2) is 0 Å². The first-order valence-corrected chi connectivity index (χ1v) is 8.92. The van der Waals surface area contributed by atoms with Gasteiger partial charge in [0.1, 0.15) is 12.7 Å². The van der Waals surface area contributed by atoms with Gasteiger partial charge >= 0.3 is 0 Å². The van der Waals surface area contributed by atoms with Gasteiger partial charge in [-0.25, -0.2) is 13.8 Å². The lowest BCUT2D eigenvalue weighted by Crippen LogP contribution is -2.31. The number of nitrogens with one attached hydrogen (secondary N) is 1. The summed E-state index contributed by atoms with van der Waals surface area (Å²) >= 11 is 0. The van der Waals surface area contributed by atoms with Crippen molar-refractivity contribution in [1.29, 1.82) is 5.26 Å². The van der Waals surface area contributed by atoms with E-state index in [1.54, 1.807) is 12.4 Å². The van der Waals surface area contributed by atoms with Crippen molar-refractivity contribution in [2.45, 2.75) is 5.92 Å². The molecule has 0 unspecified atom stereocenters. The van der Waals surface area contributed by atoms with Crippen LogP contribution >= 0.6 is 0 Å². The van der Waals surface area contributed by atoms with E-state index in [0.717, 1.165) is 16.6 Å². The van der Waals surface area contributed by atoms with E-state index in [1.807, 2.05) is 35.9 Å². The molecule has 2 heterocycles. The molecular formula is C20H16F2N6O2. The largest absolute Gasteiger partial charge is 0.416 e. The van der Waals surface area contributed by atoms with E-state index < -0.39 is 19.1 Å². The van der Waals surface area contributed by atoms with Crippen molar-refractivity contribution in [1.82, 2.24) is 19.7 Å². The zero-order valence-corrected chi connectivity index (χ0v) is 15.8. The van der Waals surface area contributed by atoms with E-state index in [9.17, 15) is 14.0 Å². The minimum atomic E-state index is -3.29. The van der Waals surface area contributed by atoms with E-state index in [-0.39, 0.29) is 17.1 Å². The van der Waals surface area contributed by atoms with Gasteiger partial charge < -0.3 is 19.4 Å². The fraction of sp³-hybridized carbons (Fsp3) is 0.200. The summed E-state index contributed by atoms with van der Waals surface area (Å²) in [4.78, 5) is 4.27. The van der Waals surface area contributed by atoms with Crippen LogP contribution < -0.4 is 5.32 Å². The number of nitriles is 1. The van der Waals surface area contributed by atoms with Crippen molar-refractivity contribution in [3.05, 3.63) is 48.3 Å². The van der Waals surface area contributed by atoms with Gasteiger partial charge in [0.25, 0.3) is 5.92 Å². The summed E-state index contributed by atoms with van der Waals surface area (Å²) < 4.78 is 34.1. The van der Waals surface area contributed by atoms with Crippen molar-refractivity contribution in [3.8, 4) is 29.0 Å². The maximum Gasteiger partial charge on any atom is 0.287 e. The molecule has 0 aliphatic carbocycles. The number of imidazole rings is 1. The number of benzene rings is 2. The number of nitrogens with zero attached hydrogens (tertiary/aromatic N) is 5. The molecule has 0 atom stereocenters. The number of aliphatic hydroxyl groups excluding tert-OH is 1. The van der Waals surface area contributed by atoms with Crippen LogP contribution in [0.15, 0.2) is 47.1 Å². The summed E-state index contributed by atoms with van der Waals surface area (Å²) in [6.07, 6.45) is 1.71. The molecule has 0 aliphatic heterocycles. The standard InChI is InChI=1S/C20H16F2N6O2/c1-28-11-25-16-5-3-13(7-17(16)28)19-27-26-18(30-19)12-2-4-15(14(6-12)8-23)24-9-20(21,22)10-29/h2-7,11,24,29H,9-10H2,1H3. The quantitative estimate of drug-likeness (QED) is 0.502. The van der Waals surface area contributed by atoms with Crippen molar-refractivity contribution in [2.24, 2.45) is 7.05 Å². The topological polar surface area (TPSA) is 113 Å². The number of alkyl halides is 2. The van der Waals surface area contributed by atoms with Crippen LogP contribution in [0.1, 0.15) is 5.56 Å². The van der Waals surface area contributed by atoms with Crippen LogP contribution in [0, 0.1) is 11.3 Å². The lowest BCUT2D eigenvalue weighted by molar-refractivity contribution is -0.0372. The molecule has 152 valence electrons. The summed E-state index contributed by atoms with van der Waals surface area (Å²) in [5.41, 5.74) is 3.30. The Morgan fingerprint density at radius 3 is 2.57 bits per heavy atom. The third-order valence-electron chi connectivity index (χ3n) is 4.55. The molecule has 30 heavy (non-hydrogen) atoms. The second-order valence-electron chi connectivity index (χ2n) is 6.71. The van der Waals surface area contributed by atoms with Gasteiger partial charge in [-0.05, 0) is 36.4 Å². The fourth-order valence-electron chi connectivity index (χ4n) is 2.92. The Hall–Kier alpha value is -3.84. The highest BCUT2D eigenvalue weighted by molar-refractivity contribution is 5.80. The summed E-state index contributed by atoms with van der Waals surface area (Å²) in [5, 5.41) is 28.6. The number of aromatic nitrogens is 4. The SMILES string of the molecule is Cn1cnc2ccc(-c3nnc(-c4ccc(NCC(F)(F)CO)c(C#N)c4)o3)cc21. The number of rotatable bonds is 6. The zero-order valence-electron chi connectivity index (χ0n) is 15.8. The molecule has 0 saturated heterocycles. The molecule has 0 amide bonds. The van der Waals surface area contributed by atoms with Gasteiger partial charge in [-0.1, -0.05) is 0 Å². The molecule has 0 saturated carbocycles. The monoisotopic (exact) mass is 410 g/mol. The van der Waals surface area contributed by atoms with Crippen molar-refractivity contribution < 1.29 is 18.3 Å². The van der Waals surface area contributed by atoms with Gasteiger partial charge in [-0.2, -0.15) is 5.26 Å². The van der Waals surface area contributed by atoms with Crippen molar-refractivity contribution in [3.63, 3.8) is 0 Å². The number of anilines is 1. The fourth-order valence-corrected chi connectivity index (χ4v) is 2.92. The Bertz CT molecular complexity index is 1260. The summed E-state index contributed by atoms with van der Waals surface area (Å²) in [7, 11) is 1.88. The van der Waals surface area contributed by atoms with E-state index in [1.165, 1.54) is 12.1 Å². The molecule has 0 spiro atoms. The molecule has 8 nitrogen and oxygen atoms in total. The molecule has 2 aromatic carbocycles. The van der Waals surface area contributed by atoms with Crippen LogP contribution in [0.25, 0.3) is 33.9 Å². The molecule has 4 aromatic rings. The van der Waals surface area contributed by atoms with E-state index in [2.05, 4.69) is 20.5 Å². The van der Waals surface area contributed by atoms with Gasteiger partial charge in [0.2, 0.25) is 11.8 Å². The lowest BCUT2D eigenvalue weighted by Gasteiger charge is -2.15. The number of hydrogen-bond acceptors (Lipinski definition) is 7. The van der Waals surface area contributed by atoms with Crippen LogP contribution in [0.3, 0.4) is 0 Å². The maximum atomic E-state index is 13.2. The van der Waals surface area contributed by atoms with Gasteiger partial charge in [0.05, 0.1) is 35.2 Å². The van der Waals surface area contributed by atoms with E-state index in [4.69, 9.17) is 9.52 Å². The molecule has 0 bridgehead atoms. The van der Waals surface area contributed by atoms with Crippen molar-refractivity contribution in [2.75, 3.05) is 18.5 Å². The Labute approximate surface area is 169 Å². The summed E-state index contributed by atoms with van der Waals surface area (Å²) in [6.45, 7) is -2.08. The number of halogens is 2. The predicted molar refractivity (Wildman–Crippen MR) is 105 cm³/mol. The molecule has 2 N–H and O–H groups in total. The van der Waals surface area contributed by atoms with Gasteiger partial charge in [0, 0.05) is 18.2 Å². The van der Waals surface area contributed by atoms with Gasteiger partial charge in [-0.3, -0.25) is 0 Å². The smallest absolute Gasteiger partial charge is 0.287 e. The predicted octanol–water partition coefficient (Wildman–Crippen LogP) is 3.20. The minimum Gasteiger partial charge on any atom is -0.416 e. The summed E-state index contributed by atoms with van der Waals surface area (Å²) in [5.74, 6) is -2.79. The first kappa shape index (κ1) is 19.5. The Morgan fingerprint density at radius 1 is 1.17 bits per heavy atom.